The van der Waals surface area contributed by atoms with Crippen molar-refractivity contribution in [1.82, 2.24) is 0 Å². The molecule has 3 aromatic carbocycles. The van der Waals surface area contributed by atoms with Crippen LogP contribution in [0.3, 0.4) is 0 Å². The highest BCUT2D eigenvalue weighted by Crippen LogP contribution is 2.15. The summed E-state index contributed by atoms with van der Waals surface area (Å²) in [4.78, 5) is 14.6. The predicted octanol–water partition coefficient (Wildman–Crippen LogP) is 4.48. The molecular weight excluding hydrogens is 322 g/mol. The maximum atomic E-state index is 12.8. The monoisotopic (exact) mass is 345 g/mol. The Morgan fingerprint density at radius 1 is 0.731 bits per heavy atom. The second-order valence-corrected chi connectivity index (χ2v) is 6.09. The average molecular weight is 345 g/mol. The molecule has 26 heavy (non-hydrogen) atoms. The smallest absolute Gasteiger partial charge is 0.252 e. The molecule has 0 bridgehead atoms. The molecule has 0 N–H and O–H groups in total. The Labute approximate surface area is 154 Å². The second-order valence-electron chi connectivity index (χ2n) is 6.09. The van der Waals surface area contributed by atoms with Gasteiger partial charge < -0.3 is 9.64 Å². The highest BCUT2D eigenvalue weighted by atomic mass is 16.5. The molecule has 0 spiro atoms. The topological polar surface area (TPSA) is 29.5 Å². The Bertz CT molecular complexity index is 788. The number of amides is 1. The molecular formula is C23H23NO2. The van der Waals surface area contributed by atoms with Crippen molar-refractivity contribution in [1.29, 1.82) is 0 Å². The van der Waals surface area contributed by atoms with Crippen molar-refractivity contribution in [2.45, 2.75) is 13.0 Å². The largest absolute Gasteiger partial charge is 0.367 e. The van der Waals surface area contributed by atoms with Gasteiger partial charge in [0.1, 0.15) is 6.61 Å². The van der Waals surface area contributed by atoms with Crippen LogP contribution in [0, 0.1) is 0 Å². The van der Waals surface area contributed by atoms with E-state index in [1.807, 2.05) is 78.9 Å². The van der Waals surface area contributed by atoms with Crippen LogP contribution in [0.25, 0.3) is 0 Å². The lowest BCUT2D eigenvalue weighted by Gasteiger charge is -2.23. The summed E-state index contributed by atoms with van der Waals surface area (Å²) in [5, 5.41) is 0. The number of carbonyl (C=O) groups excluding carboxylic acids is 1. The van der Waals surface area contributed by atoms with Gasteiger partial charge in [0.05, 0.1) is 6.61 Å². The molecule has 3 rings (SSSR count). The van der Waals surface area contributed by atoms with Crippen molar-refractivity contribution in [2.75, 3.05) is 18.1 Å². The fraction of sp³-hybridized carbons (Fsp3) is 0.174. The summed E-state index contributed by atoms with van der Waals surface area (Å²) in [5.41, 5.74) is 3.18. The van der Waals surface area contributed by atoms with Gasteiger partial charge in [-0.2, -0.15) is 0 Å². The molecule has 0 saturated carbocycles. The number of anilines is 1. The van der Waals surface area contributed by atoms with Gasteiger partial charge in [-0.3, -0.25) is 4.79 Å². The highest BCUT2D eigenvalue weighted by Gasteiger charge is 2.15. The Kier molecular flexibility index (Phi) is 6.57. The van der Waals surface area contributed by atoms with E-state index in [-0.39, 0.29) is 12.5 Å². The predicted molar refractivity (Wildman–Crippen MR) is 105 cm³/mol. The van der Waals surface area contributed by atoms with Crippen LogP contribution in [0.1, 0.15) is 11.1 Å². The van der Waals surface area contributed by atoms with Crippen molar-refractivity contribution >= 4 is 11.6 Å². The van der Waals surface area contributed by atoms with Crippen LogP contribution in [-0.2, 0) is 22.6 Å². The molecule has 0 unspecified atom stereocenters. The minimum absolute atomic E-state index is 0.0249. The SMILES string of the molecule is O=C(COCc1ccccc1)N(CCc1ccccc1)c1ccccc1. The first-order chi connectivity index (χ1) is 12.8. The molecule has 0 saturated heterocycles. The molecule has 0 aliphatic rings. The Balaban J connectivity index is 1.61. The number of carbonyl (C=O) groups is 1. The third kappa shape index (κ3) is 5.30. The number of hydrogen-bond acceptors (Lipinski definition) is 2. The summed E-state index contributed by atoms with van der Waals surface area (Å²) < 4.78 is 5.64. The molecule has 0 radical (unpaired) electrons. The number of ether oxygens (including phenoxy) is 1. The highest BCUT2D eigenvalue weighted by molar-refractivity contribution is 5.94. The summed E-state index contributed by atoms with van der Waals surface area (Å²) >= 11 is 0. The van der Waals surface area contributed by atoms with Crippen LogP contribution in [0.5, 0.6) is 0 Å². The average Bonchev–Trinajstić information content (AvgIpc) is 2.70. The molecule has 3 nitrogen and oxygen atoms in total. The number of benzene rings is 3. The van der Waals surface area contributed by atoms with Crippen LogP contribution in [0.15, 0.2) is 91.0 Å². The maximum Gasteiger partial charge on any atom is 0.252 e. The molecule has 132 valence electrons. The first-order valence-electron chi connectivity index (χ1n) is 8.84. The van der Waals surface area contributed by atoms with Crippen molar-refractivity contribution < 1.29 is 9.53 Å². The van der Waals surface area contributed by atoms with Crippen LogP contribution in [-0.4, -0.2) is 19.1 Å². The number of hydrogen-bond donors (Lipinski definition) is 0. The number of nitrogens with zero attached hydrogens (tertiary/aromatic N) is 1. The van der Waals surface area contributed by atoms with Crippen LogP contribution < -0.4 is 4.90 Å². The van der Waals surface area contributed by atoms with Gasteiger partial charge in [-0.25, -0.2) is 0 Å². The lowest BCUT2D eigenvalue weighted by molar-refractivity contribution is -0.123. The minimum Gasteiger partial charge on any atom is -0.367 e. The Morgan fingerprint density at radius 2 is 1.27 bits per heavy atom. The summed E-state index contributed by atoms with van der Waals surface area (Å²) in [6.07, 6.45) is 0.806. The fourth-order valence-electron chi connectivity index (χ4n) is 2.80. The van der Waals surface area contributed by atoms with Crippen molar-refractivity contribution in [3.05, 3.63) is 102 Å². The first kappa shape index (κ1) is 17.9. The van der Waals surface area contributed by atoms with E-state index in [1.165, 1.54) is 5.56 Å². The van der Waals surface area contributed by atoms with Crippen LogP contribution in [0.4, 0.5) is 5.69 Å². The molecule has 3 heteroatoms. The lowest BCUT2D eigenvalue weighted by Crippen LogP contribution is -2.35. The third-order valence-corrected chi connectivity index (χ3v) is 4.17. The zero-order valence-electron chi connectivity index (χ0n) is 14.8. The summed E-state index contributed by atoms with van der Waals surface area (Å²) in [7, 11) is 0. The third-order valence-electron chi connectivity index (χ3n) is 4.17. The van der Waals surface area contributed by atoms with E-state index in [2.05, 4.69) is 12.1 Å². The fourth-order valence-corrected chi connectivity index (χ4v) is 2.80. The van der Waals surface area contributed by atoms with Crippen LogP contribution >= 0.6 is 0 Å². The van der Waals surface area contributed by atoms with E-state index in [0.29, 0.717) is 13.2 Å². The van der Waals surface area contributed by atoms with Gasteiger partial charge in [0.2, 0.25) is 0 Å². The van der Waals surface area contributed by atoms with Gasteiger partial charge >= 0.3 is 0 Å². The summed E-state index contributed by atoms with van der Waals surface area (Å²) in [6.45, 7) is 1.13. The second kappa shape index (κ2) is 9.54. The van der Waals surface area contributed by atoms with Gasteiger partial charge in [0.15, 0.2) is 0 Å². The molecule has 0 heterocycles. The Hall–Kier alpha value is -2.91. The van der Waals surface area contributed by atoms with Gasteiger partial charge in [-0.1, -0.05) is 78.9 Å². The van der Waals surface area contributed by atoms with E-state index in [9.17, 15) is 4.79 Å². The summed E-state index contributed by atoms with van der Waals surface area (Å²) in [6, 6.07) is 29.9. The van der Waals surface area contributed by atoms with Crippen molar-refractivity contribution in [3.63, 3.8) is 0 Å². The minimum atomic E-state index is -0.0249. The molecule has 0 aromatic heterocycles. The molecule has 0 aliphatic carbocycles. The molecule has 0 fully saturated rings. The lowest BCUT2D eigenvalue weighted by atomic mass is 10.1. The maximum absolute atomic E-state index is 12.8. The molecule has 3 aromatic rings. The zero-order valence-corrected chi connectivity index (χ0v) is 14.8. The standard InChI is InChI=1S/C23H23NO2/c25-23(19-26-18-21-12-6-2-7-13-21)24(22-14-8-3-9-15-22)17-16-20-10-4-1-5-11-20/h1-15H,16-19H2. The number of rotatable bonds is 8. The Morgan fingerprint density at radius 3 is 1.88 bits per heavy atom. The molecule has 0 atom stereocenters. The first-order valence-corrected chi connectivity index (χ1v) is 8.84. The summed E-state index contributed by atoms with van der Waals surface area (Å²) in [5.74, 6) is -0.0249. The van der Waals surface area contributed by atoms with E-state index in [4.69, 9.17) is 4.74 Å². The normalized spacial score (nSPS) is 10.5. The van der Waals surface area contributed by atoms with E-state index >= 15 is 0 Å². The molecule has 1 amide bonds. The van der Waals surface area contributed by atoms with Gasteiger partial charge in [-0.05, 0) is 29.7 Å². The quantitative estimate of drug-likeness (QED) is 0.602. The van der Waals surface area contributed by atoms with Crippen molar-refractivity contribution in [2.24, 2.45) is 0 Å². The van der Waals surface area contributed by atoms with Gasteiger partial charge in [-0.15, -0.1) is 0 Å². The number of para-hydroxylation sites is 1. The van der Waals surface area contributed by atoms with E-state index in [1.54, 1.807) is 4.90 Å². The van der Waals surface area contributed by atoms with E-state index in [0.717, 1.165) is 17.7 Å². The van der Waals surface area contributed by atoms with Crippen molar-refractivity contribution in [3.8, 4) is 0 Å². The van der Waals surface area contributed by atoms with Crippen LogP contribution in [0.2, 0.25) is 0 Å². The zero-order chi connectivity index (χ0) is 18.0. The van der Waals surface area contributed by atoms with Gasteiger partial charge in [0.25, 0.3) is 5.91 Å². The van der Waals surface area contributed by atoms with Gasteiger partial charge in [0, 0.05) is 12.2 Å². The van der Waals surface area contributed by atoms with E-state index < -0.39 is 0 Å². The molecule has 0 aliphatic heterocycles.